The predicted octanol–water partition coefficient (Wildman–Crippen LogP) is 2.73. The number of ether oxygens (including phenoxy) is 3. The first kappa shape index (κ1) is 15.0. The van der Waals surface area contributed by atoms with Crippen LogP contribution in [0.4, 0.5) is 0 Å². The van der Waals surface area contributed by atoms with Crippen LogP contribution in [0.1, 0.15) is 23.7 Å². The number of hydrogen-bond acceptors (Lipinski definition) is 6. The molecule has 3 rings (SSSR count). The molecule has 6 nitrogen and oxygen atoms in total. The van der Waals surface area contributed by atoms with E-state index in [1.807, 2.05) is 18.2 Å². The Labute approximate surface area is 133 Å². The summed E-state index contributed by atoms with van der Waals surface area (Å²) in [5.74, 6) is -0.516. The van der Waals surface area contributed by atoms with Gasteiger partial charge in [-0.25, -0.2) is 14.6 Å². The third kappa shape index (κ3) is 3.48. The average Bonchev–Trinajstić information content (AvgIpc) is 2.86. The third-order valence-corrected chi connectivity index (χ3v) is 3.32. The lowest BCUT2D eigenvalue weighted by Gasteiger charge is -2.11. The maximum atomic E-state index is 12.3. The summed E-state index contributed by atoms with van der Waals surface area (Å²) in [4.78, 5) is 28.0. The lowest BCUT2D eigenvalue weighted by Crippen LogP contribution is -2.23. The summed E-state index contributed by atoms with van der Waals surface area (Å²) in [6, 6.07) is 12.1. The van der Waals surface area contributed by atoms with Crippen LogP contribution in [0.15, 0.2) is 48.7 Å². The fourth-order valence-corrected chi connectivity index (χ4v) is 2.24. The molecule has 1 fully saturated rings. The van der Waals surface area contributed by atoms with Crippen molar-refractivity contribution >= 4 is 11.9 Å². The zero-order chi connectivity index (χ0) is 16.2. The monoisotopic (exact) mass is 313 g/mol. The number of carbonyl (C=O) groups excluding carboxylic acids is 2. The number of benzene rings is 1. The quantitative estimate of drug-likeness (QED) is 0.808. The van der Waals surface area contributed by atoms with Gasteiger partial charge in [0, 0.05) is 12.6 Å². The minimum Gasteiger partial charge on any atom is -0.460 e. The maximum absolute atomic E-state index is 12.3. The molecule has 0 bridgehead atoms. The number of cyclic esters (lactones) is 1. The summed E-state index contributed by atoms with van der Waals surface area (Å²) in [6.07, 6.45) is 0.720. The summed E-state index contributed by atoms with van der Waals surface area (Å²) in [7, 11) is 0. The van der Waals surface area contributed by atoms with Gasteiger partial charge in [-0.2, -0.15) is 0 Å². The van der Waals surface area contributed by atoms with Crippen LogP contribution in [-0.4, -0.2) is 29.1 Å². The molecular weight excluding hydrogens is 298 g/mol. The molecule has 1 aromatic heterocycles. The number of aromatic nitrogens is 1. The van der Waals surface area contributed by atoms with E-state index < -0.39 is 18.0 Å². The van der Waals surface area contributed by atoms with Crippen LogP contribution in [-0.2, 0) is 14.3 Å². The van der Waals surface area contributed by atoms with Crippen LogP contribution >= 0.6 is 0 Å². The van der Waals surface area contributed by atoms with Gasteiger partial charge in [0.1, 0.15) is 17.4 Å². The van der Waals surface area contributed by atoms with Crippen LogP contribution in [0.3, 0.4) is 0 Å². The Hall–Kier alpha value is -2.89. The minimum atomic E-state index is -0.887. The second-order valence-corrected chi connectivity index (χ2v) is 5.15. The van der Waals surface area contributed by atoms with E-state index in [1.54, 1.807) is 25.1 Å². The summed E-state index contributed by atoms with van der Waals surface area (Å²) in [5.41, 5.74) is 0.156. The van der Waals surface area contributed by atoms with Crippen molar-refractivity contribution in [3.8, 4) is 11.6 Å². The Balaban J connectivity index is 1.77. The number of carbonyl (C=O) groups is 2. The van der Waals surface area contributed by atoms with Crippen molar-refractivity contribution in [1.29, 1.82) is 0 Å². The second kappa shape index (κ2) is 6.48. The van der Waals surface area contributed by atoms with E-state index in [0.717, 1.165) is 0 Å². The van der Waals surface area contributed by atoms with Crippen molar-refractivity contribution in [3.05, 3.63) is 54.2 Å². The van der Waals surface area contributed by atoms with Crippen molar-refractivity contribution < 1.29 is 23.8 Å². The van der Waals surface area contributed by atoms with E-state index in [-0.39, 0.29) is 17.5 Å². The van der Waals surface area contributed by atoms with Gasteiger partial charge >= 0.3 is 11.9 Å². The fourth-order valence-electron chi connectivity index (χ4n) is 2.24. The number of pyridine rings is 1. The number of hydrogen-bond donors (Lipinski definition) is 0. The third-order valence-electron chi connectivity index (χ3n) is 3.32. The van der Waals surface area contributed by atoms with E-state index in [9.17, 15) is 9.59 Å². The number of esters is 2. The average molecular weight is 313 g/mol. The Bertz CT molecular complexity index is 716. The summed E-state index contributed by atoms with van der Waals surface area (Å²) < 4.78 is 15.8. The molecule has 0 saturated carbocycles. The van der Waals surface area contributed by atoms with Crippen LogP contribution in [0.2, 0.25) is 0 Å². The van der Waals surface area contributed by atoms with Crippen LogP contribution in [0.25, 0.3) is 0 Å². The highest BCUT2D eigenvalue weighted by Crippen LogP contribution is 2.25. The van der Waals surface area contributed by atoms with Crippen LogP contribution in [0.5, 0.6) is 11.6 Å². The molecule has 2 heterocycles. The van der Waals surface area contributed by atoms with Crippen molar-refractivity contribution in [2.75, 3.05) is 0 Å². The molecule has 2 atom stereocenters. The van der Waals surface area contributed by atoms with E-state index >= 15 is 0 Å². The van der Waals surface area contributed by atoms with E-state index in [2.05, 4.69) is 4.98 Å². The molecule has 1 saturated heterocycles. The molecule has 118 valence electrons. The minimum absolute atomic E-state index is 0.128. The Kier molecular flexibility index (Phi) is 4.23. The molecule has 0 unspecified atom stereocenters. The van der Waals surface area contributed by atoms with E-state index in [0.29, 0.717) is 12.2 Å². The molecule has 0 radical (unpaired) electrons. The first-order valence-electron chi connectivity index (χ1n) is 7.23. The molecule has 0 aliphatic carbocycles. The topological polar surface area (TPSA) is 74.7 Å². The Morgan fingerprint density at radius 3 is 2.70 bits per heavy atom. The van der Waals surface area contributed by atoms with Gasteiger partial charge in [0.05, 0.1) is 0 Å². The molecule has 0 amide bonds. The molecule has 6 heteroatoms. The molecule has 1 aromatic carbocycles. The largest absolute Gasteiger partial charge is 0.460 e. The van der Waals surface area contributed by atoms with Crippen LogP contribution < -0.4 is 4.74 Å². The summed E-state index contributed by atoms with van der Waals surface area (Å²) >= 11 is 0. The van der Waals surface area contributed by atoms with Gasteiger partial charge in [-0.15, -0.1) is 0 Å². The highest BCUT2D eigenvalue weighted by atomic mass is 16.6. The van der Waals surface area contributed by atoms with Gasteiger partial charge in [0.15, 0.2) is 0 Å². The molecule has 2 aromatic rings. The molecule has 0 N–H and O–H groups in total. The first-order chi connectivity index (χ1) is 11.1. The highest BCUT2D eigenvalue weighted by molar-refractivity contribution is 5.93. The number of para-hydroxylation sites is 1. The summed E-state index contributed by atoms with van der Waals surface area (Å²) in [6.45, 7) is 1.75. The zero-order valence-electron chi connectivity index (χ0n) is 12.5. The number of nitrogens with zero attached hydrogens (tertiary/aromatic N) is 1. The first-order valence-corrected chi connectivity index (χ1v) is 7.23. The van der Waals surface area contributed by atoms with Gasteiger partial charge in [-0.3, -0.25) is 0 Å². The second-order valence-electron chi connectivity index (χ2n) is 5.15. The molecular formula is C17H15NO5. The van der Waals surface area contributed by atoms with Crippen LogP contribution in [0, 0.1) is 0 Å². The molecule has 1 aliphatic heterocycles. The Morgan fingerprint density at radius 1 is 1.22 bits per heavy atom. The maximum Gasteiger partial charge on any atom is 0.347 e. The fraction of sp³-hybridized carbons (Fsp3) is 0.235. The lowest BCUT2D eigenvalue weighted by atomic mass is 10.2. The smallest absolute Gasteiger partial charge is 0.347 e. The van der Waals surface area contributed by atoms with Crippen molar-refractivity contribution in [2.24, 2.45) is 0 Å². The lowest BCUT2D eigenvalue weighted by molar-refractivity contribution is -0.147. The van der Waals surface area contributed by atoms with Gasteiger partial charge < -0.3 is 14.2 Å². The van der Waals surface area contributed by atoms with Crippen molar-refractivity contribution in [1.82, 2.24) is 4.98 Å². The zero-order valence-corrected chi connectivity index (χ0v) is 12.5. The molecule has 1 aliphatic rings. The highest BCUT2D eigenvalue weighted by Gasteiger charge is 2.35. The van der Waals surface area contributed by atoms with Crippen molar-refractivity contribution in [3.63, 3.8) is 0 Å². The standard InChI is InChI=1S/C17H15NO5/c1-11-10-14(17(20)21-11)23-16(19)13-8-5-9-18-15(13)22-12-6-3-2-4-7-12/h2-9,11,14H,10H2,1H3/t11-,14+/m1/s1. The molecule has 23 heavy (non-hydrogen) atoms. The molecule has 0 spiro atoms. The van der Waals surface area contributed by atoms with Crippen molar-refractivity contribution in [2.45, 2.75) is 25.6 Å². The van der Waals surface area contributed by atoms with Gasteiger partial charge in [-0.1, -0.05) is 18.2 Å². The predicted molar refractivity (Wildman–Crippen MR) is 80.1 cm³/mol. The Morgan fingerprint density at radius 2 is 2.00 bits per heavy atom. The SMILES string of the molecule is C[C@@H]1C[C@H](OC(=O)c2cccnc2Oc2ccccc2)C(=O)O1. The normalized spacial score (nSPS) is 20.0. The van der Waals surface area contributed by atoms with E-state index in [1.165, 1.54) is 12.3 Å². The summed E-state index contributed by atoms with van der Waals surface area (Å²) in [5, 5.41) is 0. The van der Waals surface area contributed by atoms with Gasteiger partial charge in [0.2, 0.25) is 12.0 Å². The van der Waals surface area contributed by atoms with Gasteiger partial charge in [-0.05, 0) is 31.2 Å². The number of rotatable bonds is 4. The van der Waals surface area contributed by atoms with E-state index in [4.69, 9.17) is 14.2 Å². The van der Waals surface area contributed by atoms with Gasteiger partial charge in [0.25, 0.3) is 0 Å².